The van der Waals surface area contributed by atoms with Crippen LogP contribution in [-0.2, 0) is 0 Å². The van der Waals surface area contributed by atoms with Crippen molar-refractivity contribution in [3.05, 3.63) is 11.1 Å². The molecule has 5 heteroatoms. The monoisotopic (exact) mass is 193 g/mol. The number of allylic oxidation sites excluding steroid dienone is 1. The van der Waals surface area contributed by atoms with E-state index in [9.17, 15) is 13.2 Å². The maximum atomic E-state index is 12.0. The molecule has 1 N–H and O–H groups in total. The number of thioether (sulfide) groups is 1. The second-order valence-electron chi connectivity index (χ2n) is 2.21. The molecule has 0 bridgehead atoms. The van der Waals surface area contributed by atoms with E-state index < -0.39 is 11.9 Å². The van der Waals surface area contributed by atoms with Gasteiger partial charge in [-0.05, 0) is 0 Å². The van der Waals surface area contributed by atoms with Gasteiger partial charge in [-0.1, -0.05) is 0 Å². The Bertz CT molecular complexity index is 238. The molecule has 1 aliphatic rings. The van der Waals surface area contributed by atoms with Crippen LogP contribution in [0.2, 0.25) is 0 Å². The third-order valence-electron chi connectivity index (χ3n) is 1.28. The highest BCUT2D eigenvalue weighted by Crippen LogP contribution is 2.33. The molecular weight excluding hydrogens is 187 g/mol. The van der Waals surface area contributed by atoms with Crippen molar-refractivity contribution in [1.29, 1.82) is 0 Å². The first kappa shape index (κ1) is 9.33. The second kappa shape index (κ2) is 3.31. The van der Waals surface area contributed by atoms with E-state index in [1.54, 1.807) is 0 Å². The first-order chi connectivity index (χ1) is 5.54. The van der Waals surface area contributed by atoms with Crippen LogP contribution < -0.4 is 5.32 Å². The standard InChI is InChI=1S/C7H6F3NS/c1-2-3-6-11-5(4-12-6)7(8,9)10/h1,4,6,11H,3H2. The molecule has 0 spiro atoms. The maximum Gasteiger partial charge on any atom is 0.431 e. The van der Waals surface area contributed by atoms with Crippen molar-refractivity contribution in [2.75, 3.05) is 0 Å². The minimum Gasteiger partial charge on any atom is -0.368 e. The van der Waals surface area contributed by atoms with Gasteiger partial charge in [0.05, 0.1) is 5.37 Å². The van der Waals surface area contributed by atoms with Crippen LogP contribution in [0.4, 0.5) is 13.2 Å². The average molecular weight is 193 g/mol. The lowest BCUT2D eigenvalue weighted by atomic mass is 10.4. The van der Waals surface area contributed by atoms with Crippen LogP contribution in [0.1, 0.15) is 6.42 Å². The van der Waals surface area contributed by atoms with Crippen molar-refractivity contribution in [2.45, 2.75) is 18.0 Å². The zero-order valence-corrected chi connectivity index (χ0v) is 6.80. The van der Waals surface area contributed by atoms with Gasteiger partial charge in [-0.15, -0.1) is 24.1 Å². The smallest absolute Gasteiger partial charge is 0.368 e. The van der Waals surface area contributed by atoms with Gasteiger partial charge in [0.1, 0.15) is 5.70 Å². The molecular formula is C7H6F3NS. The fourth-order valence-electron chi connectivity index (χ4n) is 0.746. The zero-order valence-electron chi connectivity index (χ0n) is 5.98. The Morgan fingerprint density at radius 3 is 2.75 bits per heavy atom. The van der Waals surface area contributed by atoms with E-state index in [1.807, 2.05) is 0 Å². The third-order valence-corrected chi connectivity index (χ3v) is 2.26. The highest BCUT2D eigenvalue weighted by Gasteiger charge is 2.37. The van der Waals surface area contributed by atoms with Crippen LogP contribution in [-0.4, -0.2) is 11.6 Å². The van der Waals surface area contributed by atoms with E-state index in [0.29, 0.717) is 6.42 Å². The van der Waals surface area contributed by atoms with Gasteiger partial charge in [-0.3, -0.25) is 0 Å². The number of terminal acetylenes is 1. The van der Waals surface area contributed by atoms with Crippen LogP contribution >= 0.6 is 11.8 Å². The summed E-state index contributed by atoms with van der Waals surface area (Å²) in [6.45, 7) is 0. The summed E-state index contributed by atoms with van der Waals surface area (Å²) in [5.41, 5.74) is -0.701. The number of hydrogen-bond donors (Lipinski definition) is 1. The summed E-state index contributed by atoms with van der Waals surface area (Å²) in [7, 11) is 0. The second-order valence-corrected chi connectivity index (χ2v) is 3.28. The normalized spacial score (nSPS) is 22.8. The Hall–Kier alpha value is -0.760. The fraction of sp³-hybridized carbons (Fsp3) is 0.429. The van der Waals surface area contributed by atoms with E-state index in [4.69, 9.17) is 6.42 Å². The van der Waals surface area contributed by atoms with Crippen LogP contribution in [0.25, 0.3) is 0 Å². The molecule has 0 saturated heterocycles. The molecule has 0 saturated carbocycles. The summed E-state index contributed by atoms with van der Waals surface area (Å²) in [6, 6.07) is 0. The van der Waals surface area contributed by atoms with E-state index in [0.717, 1.165) is 17.2 Å². The molecule has 1 atom stereocenters. The molecule has 1 rings (SSSR count). The van der Waals surface area contributed by atoms with E-state index in [-0.39, 0.29) is 5.37 Å². The molecule has 0 radical (unpaired) electrons. The molecule has 1 nitrogen and oxygen atoms in total. The third kappa shape index (κ3) is 2.11. The van der Waals surface area contributed by atoms with Gasteiger partial charge < -0.3 is 5.32 Å². The van der Waals surface area contributed by atoms with Crippen LogP contribution in [0.5, 0.6) is 0 Å². The van der Waals surface area contributed by atoms with Crippen molar-refractivity contribution in [2.24, 2.45) is 0 Å². The van der Waals surface area contributed by atoms with E-state index in [1.165, 1.54) is 0 Å². The molecule has 0 amide bonds. The Kier molecular flexibility index (Phi) is 2.58. The number of hydrogen-bond acceptors (Lipinski definition) is 2. The van der Waals surface area contributed by atoms with Gasteiger partial charge in [0.2, 0.25) is 0 Å². The largest absolute Gasteiger partial charge is 0.431 e. The van der Waals surface area contributed by atoms with Crippen LogP contribution in [0.3, 0.4) is 0 Å². The highest BCUT2D eigenvalue weighted by atomic mass is 32.2. The van der Waals surface area contributed by atoms with Gasteiger partial charge in [0.25, 0.3) is 0 Å². The summed E-state index contributed by atoms with van der Waals surface area (Å²) in [4.78, 5) is 0. The predicted octanol–water partition coefficient (Wildman–Crippen LogP) is 2.08. The topological polar surface area (TPSA) is 12.0 Å². The van der Waals surface area contributed by atoms with Gasteiger partial charge >= 0.3 is 6.18 Å². The molecule has 1 aliphatic heterocycles. The lowest BCUT2D eigenvalue weighted by Crippen LogP contribution is -2.28. The number of nitrogens with one attached hydrogen (secondary N) is 1. The first-order valence-electron chi connectivity index (χ1n) is 3.17. The van der Waals surface area contributed by atoms with Crippen molar-refractivity contribution in [3.8, 4) is 12.3 Å². The number of rotatable bonds is 1. The van der Waals surface area contributed by atoms with E-state index in [2.05, 4.69) is 11.2 Å². The molecule has 66 valence electrons. The lowest BCUT2D eigenvalue weighted by molar-refractivity contribution is -0.0962. The van der Waals surface area contributed by atoms with Crippen molar-refractivity contribution in [3.63, 3.8) is 0 Å². The molecule has 0 aromatic heterocycles. The van der Waals surface area contributed by atoms with Crippen LogP contribution in [0.15, 0.2) is 11.1 Å². The summed E-state index contributed by atoms with van der Waals surface area (Å²) in [5, 5.41) is 3.02. The first-order valence-corrected chi connectivity index (χ1v) is 4.11. The fourth-order valence-corrected chi connectivity index (χ4v) is 1.64. The average Bonchev–Trinajstić information content (AvgIpc) is 2.35. The SMILES string of the molecule is C#CCC1NC(C(F)(F)F)=CS1. The quantitative estimate of drug-likeness (QED) is 0.640. The molecule has 0 aromatic carbocycles. The van der Waals surface area contributed by atoms with Gasteiger partial charge in [-0.2, -0.15) is 13.2 Å². The summed E-state index contributed by atoms with van der Waals surface area (Å²) in [6.07, 6.45) is 0.966. The maximum absolute atomic E-state index is 12.0. The zero-order chi connectivity index (χ0) is 9.19. The van der Waals surface area contributed by atoms with Crippen molar-refractivity contribution in [1.82, 2.24) is 5.32 Å². The summed E-state index contributed by atoms with van der Waals surface area (Å²) < 4.78 is 35.9. The number of alkyl halides is 3. The predicted molar refractivity (Wildman–Crippen MR) is 42.1 cm³/mol. The summed E-state index contributed by atoms with van der Waals surface area (Å²) >= 11 is 1.07. The molecule has 0 fully saturated rings. The van der Waals surface area contributed by atoms with Crippen molar-refractivity contribution < 1.29 is 13.2 Å². The van der Waals surface area contributed by atoms with E-state index >= 15 is 0 Å². The Balaban J connectivity index is 2.50. The van der Waals surface area contributed by atoms with Gasteiger partial charge in [-0.25, -0.2) is 0 Å². The minimum atomic E-state index is -4.28. The molecule has 0 aliphatic carbocycles. The molecule has 12 heavy (non-hydrogen) atoms. The highest BCUT2D eigenvalue weighted by molar-refractivity contribution is 8.02. The summed E-state index contributed by atoms with van der Waals surface area (Å²) in [5.74, 6) is 2.30. The van der Waals surface area contributed by atoms with Crippen LogP contribution in [0, 0.1) is 12.3 Å². The Morgan fingerprint density at radius 2 is 2.33 bits per heavy atom. The Labute approximate surface area is 72.4 Å². The molecule has 0 aromatic rings. The van der Waals surface area contributed by atoms with Crippen molar-refractivity contribution >= 4 is 11.8 Å². The number of halogens is 3. The Morgan fingerprint density at radius 1 is 1.67 bits per heavy atom. The molecule has 1 heterocycles. The van der Waals surface area contributed by atoms with Gasteiger partial charge in [0.15, 0.2) is 0 Å². The van der Waals surface area contributed by atoms with Gasteiger partial charge in [0, 0.05) is 11.8 Å². The minimum absolute atomic E-state index is 0.292. The lowest BCUT2D eigenvalue weighted by Gasteiger charge is -2.11. The molecule has 1 unspecified atom stereocenters.